The molecule has 28 heavy (non-hydrogen) atoms. The smallest absolute Gasteiger partial charge is 0.265 e. The van der Waals surface area contributed by atoms with Gasteiger partial charge in [-0.1, -0.05) is 48.9 Å². The van der Waals surface area contributed by atoms with Gasteiger partial charge >= 0.3 is 0 Å². The maximum atomic E-state index is 12.5. The molecule has 0 fully saturated rings. The molecular formula is C23H22ClNO3. The molecule has 0 unspecified atom stereocenters. The minimum atomic E-state index is -0.588. The van der Waals surface area contributed by atoms with Crippen molar-refractivity contribution in [2.24, 2.45) is 0 Å². The summed E-state index contributed by atoms with van der Waals surface area (Å²) in [7, 11) is 0. The Labute approximate surface area is 170 Å². The predicted octanol–water partition coefficient (Wildman–Crippen LogP) is 5.72. The van der Waals surface area contributed by atoms with Crippen LogP contribution in [0.3, 0.4) is 0 Å². The van der Waals surface area contributed by atoms with Crippen LogP contribution in [0.25, 0.3) is 0 Å². The fourth-order valence-corrected chi connectivity index (χ4v) is 2.72. The van der Waals surface area contributed by atoms with Gasteiger partial charge in [0.2, 0.25) is 0 Å². The second-order valence-electron chi connectivity index (χ2n) is 6.26. The molecule has 0 aromatic heterocycles. The van der Waals surface area contributed by atoms with E-state index in [1.54, 1.807) is 24.3 Å². The molecule has 0 bridgehead atoms. The summed E-state index contributed by atoms with van der Waals surface area (Å²) in [5.41, 5.74) is 1.79. The van der Waals surface area contributed by atoms with Crippen LogP contribution in [0.4, 0.5) is 5.69 Å². The van der Waals surface area contributed by atoms with Gasteiger partial charge in [0, 0.05) is 10.7 Å². The first-order chi connectivity index (χ1) is 13.6. The molecule has 0 saturated heterocycles. The van der Waals surface area contributed by atoms with Gasteiger partial charge in [-0.05, 0) is 60.5 Å². The first-order valence-electron chi connectivity index (χ1n) is 9.14. The zero-order valence-corrected chi connectivity index (χ0v) is 16.4. The third kappa shape index (κ3) is 5.76. The Bertz CT molecular complexity index is 880. The average molecular weight is 396 g/mol. The second kappa shape index (κ2) is 9.81. The van der Waals surface area contributed by atoms with Gasteiger partial charge in [0.1, 0.15) is 18.1 Å². The van der Waals surface area contributed by atoms with E-state index in [9.17, 15) is 4.79 Å². The van der Waals surface area contributed by atoms with Crippen LogP contribution in [-0.4, -0.2) is 12.0 Å². The van der Waals surface area contributed by atoms with Crippen molar-refractivity contribution in [3.05, 3.63) is 89.4 Å². The summed E-state index contributed by atoms with van der Waals surface area (Å²) >= 11 is 5.88. The van der Waals surface area contributed by atoms with Crippen LogP contribution in [0.15, 0.2) is 78.9 Å². The number of ether oxygens (including phenoxy) is 2. The van der Waals surface area contributed by atoms with Crippen molar-refractivity contribution in [3.8, 4) is 11.5 Å². The number of benzene rings is 3. The van der Waals surface area contributed by atoms with Crippen molar-refractivity contribution in [2.75, 3.05) is 5.32 Å². The summed E-state index contributed by atoms with van der Waals surface area (Å²) < 4.78 is 11.5. The quantitative estimate of drug-likeness (QED) is 0.531. The van der Waals surface area contributed by atoms with E-state index in [1.165, 1.54) is 0 Å². The molecule has 3 aromatic rings. The third-order valence-electron chi connectivity index (χ3n) is 4.13. The van der Waals surface area contributed by atoms with Gasteiger partial charge in [-0.3, -0.25) is 4.79 Å². The van der Waals surface area contributed by atoms with Crippen molar-refractivity contribution in [1.82, 2.24) is 0 Å². The summed E-state index contributed by atoms with van der Waals surface area (Å²) in [5, 5.41) is 3.50. The molecule has 0 heterocycles. The molecule has 4 nitrogen and oxygen atoms in total. The highest BCUT2D eigenvalue weighted by Gasteiger charge is 2.18. The van der Waals surface area contributed by atoms with Gasteiger partial charge in [0.15, 0.2) is 6.10 Å². The molecule has 0 aliphatic heterocycles. The molecule has 5 heteroatoms. The van der Waals surface area contributed by atoms with Crippen molar-refractivity contribution in [2.45, 2.75) is 26.1 Å². The molecule has 0 aliphatic rings. The van der Waals surface area contributed by atoms with E-state index in [0.29, 0.717) is 29.5 Å². The summed E-state index contributed by atoms with van der Waals surface area (Å²) in [6.45, 7) is 2.40. The number of carbonyl (C=O) groups is 1. The number of hydrogen-bond acceptors (Lipinski definition) is 3. The summed E-state index contributed by atoms with van der Waals surface area (Å²) in [6, 6.07) is 24.2. The van der Waals surface area contributed by atoms with Crippen LogP contribution in [0.5, 0.6) is 11.5 Å². The number of amides is 1. The lowest BCUT2D eigenvalue weighted by atomic mass is 10.2. The maximum Gasteiger partial charge on any atom is 0.265 e. The van der Waals surface area contributed by atoms with Gasteiger partial charge in [-0.25, -0.2) is 0 Å². The molecule has 1 N–H and O–H groups in total. The Kier molecular flexibility index (Phi) is 6.93. The van der Waals surface area contributed by atoms with E-state index in [2.05, 4.69) is 5.32 Å². The minimum absolute atomic E-state index is 0.199. The monoisotopic (exact) mass is 395 g/mol. The maximum absolute atomic E-state index is 12.5. The third-order valence-corrected chi connectivity index (χ3v) is 4.38. The van der Waals surface area contributed by atoms with Crippen molar-refractivity contribution in [1.29, 1.82) is 0 Å². The van der Waals surface area contributed by atoms with Crippen LogP contribution < -0.4 is 14.8 Å². The second-order valence-corrected chi connectivity index (χ2v) is 6.69. The number of carbonyl (C=O) groups excluding carboxylic acids is 1. The number of anilines is 1. The van der Waals surface area contributed by atoms with Crippen LogP contribution in [0, 0.1) is 0 Å². The summed E-state index contributed by atoms with van der Waals surface area (Å²) in [5.74, 6) is 1.15. The number of nitrogens with one attached hydrogen (secondary N) is 1. The highest BCUT2D eigenvalue weighted by molar-refractivity contribution is 6.30. The molecular weight excluding hydrogens is 374 g/mol. The Morgan fingerprint density at radius 2 is 1.57 bits per heavy atom. The Morgan fingerprint density at radius 1 is 0.929 bits per heavy atom. The van der Waals surface area contributed by atoms with Crippen LogP contribution in [0.1, 0.15) is 18.9 Å². The van der Waals surface area contributed by atoms with E-state index in [4.69, 9.17) is 21.1 Å². The fourth-order valence-electron chi connectivity index (χ4n) is 2.60. The van der Waals surface area contributed by atoms with Crippen molar-refractivity contribution < 1.29 is 14.3 Å². The van der Waals surface area contributed by atoms with Gasteiger partial charge in [-0.15, -0.1) is 0 Å². The highest BCUT2D eigenvalue weighted by atomic mass is 35.5. The van der Waals surface area contributed by atoms with Crippen molar-refractivity contribution in [3.63, 3.8) is 0 Å². The average Bonchev–Trinajstić information content (AvgIpc) is 2.73. The van der Waals surface area contributed by atoms with E-state index >= 15 is 0 Å². The summed E-state index contributed by atoms with van der Waals surface area (Å²) in [4.78, 5) is 12.5. The molecule has 3 rings (SSSR count). The van der Waals surface area contributed by atoms with Crippen LogP contribution in [-0.2, 0) is 11.4 Å². The lowest BCUT2D eigenvalue weighted by Gasteiger charge is -2.17. The lowest BCUT2D eigenvalue weighted by molar-refractivity contribution is -0.122. The van der Waals surface area contributed by atoms with Gasteiger partial charge < -0.3 is 14.8 Å². The zero-order valence-electron chi connectivity index (χ0n) is 15.6. The number of halogens is 1. The molecule has 3 aromatic carbocycles. The normalized spacial score (nSPS) is 11.5. The molecule has 0 saturated carbocycles. The van der Waals surface area contributed by atoms with Gasteiger partial charge in [0.25, 0.3) is 5.91 Å². The van der Waals surface area contributed by atoms with Gasteiger partial charge in [0.05, 0.1) is 0 Å². The molecule has 1 amide bonds. The molecule has 1 atom stereocenters. The van der Waals surface area contributed by atoms with E-state index < -0.39 is 6.10 Å². The SMILES string of the molecule is CC[C@H](Oc1ccc(Cl)cc1)C(=O)Nc1ccc(OCc2ccccc2)cc1. The Morgan fingerprint density at radius 3 is 2.21 bits per heavy atom. The standard InChI is InChI=1S/C23H22ClNO3/c1-2-22(28-21-12-8-18(24)9-13-21)23(26)25-19-10-14-20(15-11-19)27-16-17-6-4-3-5-7-17/h3-15,22H,2,16H2,1H3,(H,25,26)/t22-/m0/s1. The molecule has 0 spiro atoms. The predicted molar refractivity (Wildman–Crippen MR) is 112 cm³/mol. The largest absolute Gasteiger partial charge is 0.489 e. The van der Waals surface area contributed by atoms with E-state index in [-0.39, 0.29) is 5.91 Å². The Balaban J connectivity index is 1.54. The number of rotatable bonds is 8. The Hall–Kier alpha value is -2.98. The number of hydrogen-bond donors (Lipinski definition) is 1. The molecule has 144 valence electrons. The van der Waals surface area contributed by atoms with E-state index in [0.717, 1.165) is 11.3 Å². The summed E-state index contributed by atoms with van der Waals surface area (Å²) in [6.07, 6.45) is -0.0395. The molecule has 0 aliphatic carbocycles. The topological polar surface area (TPSA) is 47.6 Å². The fraction of sp³-hybridized carbons (Fsp3) is 0.174. The van der Waals surface area contributed by atoms with Crippen LogP contribution in [0.2, 0.25) is 5.02 Å². The van der Waals surface area contributed by atoms with Crippen LogP contribution >= 0.6 is 11.6 Å². The highest BCUT2D eigenvalue weighted by Crippen LogP contribution is 2.20. The molecule has 0 radical (unpaired) electrons. The zero-order chi connectivity index (χ0) is 19.8. The van der Waals surface area contributed by atoms with Gasteiger partial charge in [-0.2, -0.15) is 0 Å². The minimum Gasteiger partial charge on any atom is -0.489 e. The first-order valence-corrected chi connectivity index (χ1v) is 9.51. The lowest BCUT2D eigenvalue weighted by Crippen LogP contribution is -2.32. The first kappa shape index (κ1) is 19.8. The van der Waals surface area contributed by atoms with Crippen molar-refractivity contribution >= 4 is 23.2 Å². The van der Waals surface area contributed by atoms with E-state index in [1.807, 2.05) is 61.5 Å².